The number of amides is 1. The molecular weight excluding hydrogens is 372 g/mol. The fourth-order valence-corrected chi connectivity index (χ4v) is 3.91. The van der Waals surface area contributed by atoms with Crippen LogP contribution in [-0.2, 0) is 13.0 Å². The molecule has 0 saturated carbocycles. The number of carbonyl (C=O) groups is 1. The third-order valence-electron chi connectivity index (χ3n) is 4.71. The van der Waals surface area contributed by atoms with Crippen LogP contribution >= 0.6 is 11.3 Å². The van der Waals surface area contributed by atoms with Crippen molar-refractivity contribution >= 4 is 17.2 Å². The summed E-state index contributed by atoms with van der Waals surface area (Å²) >= 11 is 1.49. The van der Waals surface area contributed by atoms with E-state index in [1.165, 1.54) is 16.9 Å². The van der Waals surface area contributed by atoms with Crippen molar-refractivity contribution in [3.8, 4) is 22.1 Å². The van der Waals surface area contributed by atoms with E-state index in [-0.39, 0.29) is 5.91 Å². The van der Waals surface area contributed by atoms with Crippen molar-refractivity contribution in [1.82, 2.24) is 9.88 Å². The summed E-state index contributed by atoms with van der Waals surface area (Å²) in [6.07, 6.45) is 1.01. The van der Waals surface area contributed by atoms with Crippen LogP contribution < -0.4 is 9.47 Å². The van der Waals surface area contributed by atoms with E-state index in [9.17, 15) is 4.79 Å². The molecule has 1 amide bonds. The fourth-order valence-electron chi connectivity index (χ4n) is 3.11. The number of carbonyl (C=O) groups excluding carboxylic acids is 1. The summed E-state index contributed by atoms with van der Waals surface area (Å²) in [7, 11) is 1.79. The summed E-state index contributed by atoms with van der Waals surface area (Å²) in [6, 6.07) is 14.1. The molecule has 1 aliphatic rings. The van der Waals surface area contributed by atoms with Crippen molar-refractivity contribution in [3.63, 3.8) is 0 Å². The Kier molecular flexibility index (Phi) is 5.30. The zero-order chi connectivity index (χ0) is 19.5. The zero-order valence-electron chi connectivity index (χ0n) is 16.0. The molecule has 3 aromatic rings. The number of nitrogens with zero attached hydrogens (tertiary/aromatic N) is 2. The lowest BCUT2D eigenvalue weighted by molar-refractivity contribution is 0.0780. The van der Waals surface area contributed by atoms with Gasteiger partial charge in [-0.25, -0.2) is 4.98 Å². The maximum Gasteiger partial charge on any atom is 0.273 e. The van der Waals surface area contributed by atoms with Gasteiger partial charge in [-0.1, -0.05) is 37.3 Å². The Morgan fingerprint density at radius 2 is 1.79 bits per heavy atom. The normalized spacial score (nSPS) is 12.6. The Bertz CT molecular complexity index is 982. The third-order valence-corrected chi connectivity index (χ3v) is 5.60. The first-order valence-electron chi connectivity index (χ1n) is 9.33. The quantitative estimate of drug-likeness (QED) is 0.643. The highest BCUT2D eigenvalue weighted by atomic mass is 32.1. The van der Waals surface area contributed by atoms with Crippen molar-refractivity contribution in [1.29, 1.82) is 0 Å². The molecule has 4 rings (SSSR count). The molecule has 2 heterocycles. The highest BCUT2D eigenvalue weighted by Crippen LogP contribution is 2.31. The number of fused-ring (bicyclic) bond motifs is 1. The Morgan fingerprint density at radius 1 is 1.07 bits per heavy atom. The smallest absolute Gasteiger partial charge is 0.273 e. The maximum absolute atomic E-state index is 12.8. The second-order valence-electron chi connectivity index (χ2n) is 6.73. The highest BCUT2D eigenvalue weighted by Gasteiger charge is 2.18. The predicted octanol–water partition coefficient (Wildman–Crippen LogP) is 4.42. The molecule has 0 N–H and O–H groups in total. The van der Waals surface area contributed by atoms with Gasteiger partial charge in [-0.15, -0.1) is 11.3 Å². The highest BCUT2D eigenvalue weighted by molar-refractivity contribution is 7.13. The first-order chi connectivity index (χ1) is 13.6. The zero-order valence-corrected chi connectivity index (χ0v) is 16.8. The molecule has 144 valence electrons. The van der Waals surface area contributed by atoms with Crippen molar-refractivity contribution in [2.24, 2.45) is 0 Å². The standard InChI is InChI=1S/C22H22N2O3S/c1-3-15-4-7-17(8-5-15)21-23-18(14-28-21)22(25)24(2)13-16-6-9-19-20(12-16)27-11-10-26-19/h4-9,12,14H,3,10-11,13H2,1-2H3. The van der Waals surface area contributed by atoms with Crippen LogP contribution in [0.4, 0.5) is 0 Å². The molecule has 0 radical (unpaired) electrons. The van der Waals surface area contributed by atoms with Gasteiger partial charge in [-0.3, -0.25) is 4.79 Å². The van der Waals surface area contributed by atoms with E-state index >= 15 is 0 Å². The van der Waals surface area contributed by atoms with Crippen LogP contribution in [0, 0.1) is 0 Å². The second-order valence-corrected chi connectivity index (χ2v) is 7.59. The predicted molar refractivity (Wildman–Crippen MR) is 110 cm³/mol. The number of aryl methyl sites for hydroxylation is 1. The first-order valence-corrected chi connectivity index (χ1v) is 10.2. The largest absolute Gasteiger partial charge is 0.486 e. The average Bonchev–Trinajstić information content (AvgIpc) is 3.23. The lowest BCUT2D eigenvalue weighted by Crippen LogP contribution is -2.26. The molecule has 6 heteroatoms. The van der Waals surface area contributed by atoms with Crippen molar-refractivity contribution < 1.29 is 14.3 Å². The van der Waals surface area contributed by atoms with Crippen LogP contribution in [0.25, 0.3) is 10.6 Å². The van der Waals surface area contributed by atoms with Gasteiger partial charge < -0.3 is 14.4 Å². The molecule has 0 spiro atoms. The molecule has 0 bridgehead atoms. The van der Waals surface area contributed by atoms with E-state index in [4.69, 9.17) is 9.47 Å². The van der Waals surface area contributed by atoms with Gasteiger partial charge in [-0.05, 0) is 29.7 Å². The van der Waals surface area contributed by atoms with Gasteiger partial charge in [0.25, 0.3) is 5.91 Å². The second kappa shape index (κ2) is 8.02. The molecule has 0 fully saturated rings. The summed E-state index contributed by atoms with van der Waals surface area (Å²) in [5, 5.41) is 2.69. The number of ether oxygens (including phenoxy) is 2. The van der Waals surface area contributed by atoms with Crippen LogP contribution in [0.1, 0.15) is 28.5 Å². The van der Waals surface area contributed by atoms with E-state index in [1.54, 1.807) is 11.9 Å². The molecule has 5 nitrogen and oxygen atoms in total. The van der Waals surface area contributed by atoms with Gasteiger partial charge in [0.2, 0.25) is 0 Å². The van der Waals surface area contributed by atoms with Crippen LogP contribution in [0.3, 0.4) is 0 Å². The van der Waals surface area contributed by atoms with Gasteiger partial charge in [0.05, 0.1) is 0 Å². The lowest BCUT2D eigenvalue weighted by Gasteiger charge is -2.21. The molecular formula is C22H22N2O3S. The fraction of sp³-hybridized carbons (Fsp3) is 0.273. The lowest BCUT2D eigenvalue weighted by atomic mass is 10.1. The minimum atomic E-state index is -0.0948. The maximum atomic E-state index is 12.8. The summed E-state index contributed by atoms with van der Waals surface area (Å²) in [4.78, 5) is 19.0. The number of benzene rings is 2. The van der Waals surface area contributed by atoms with Gasteiger partial charge in [0, 0.05) is 24.5 Å². The minimum absolute atomic E-state index is 0.0948. The molecule has 28 heavy (non-hydrogen) atoms. The Morgan fingerprint density at radius 3 is 2.54 bits per heavy atom. The summed E-state index contributed by atoms with van der Waals surface area (Å²) in [5.41, 5.74) is 3.79. The summed E-state index contributed by atoms with van der Waals surface area (Å²) < 4.78 is 11.2. The van der Waals surface area contributed by atoms with Gasteiger partial charge in [0.1, 0.15) is 23.9 Å². The summed E-state index contributed by atoms with van der Waals surface area (Å²) in [5.74, 6) is 1.39. The molecule has 0 aliphatic carbocycles. The number of hydrogen-bond acceptors (Lipinski definition) is 5. The monoisotopic (exact) mass is 394 g/mol. The van der Waals surface area contributed by atoms with E-state index < -0.39 is 0 Å². The molecule has 1 aliphatic heterocycles. The van der Waals surface area contributed by atoms with Crippen molar-refractivity contribution in [3.05, 3.63) is 64.7 Å². The minimum Gasteiger partial charge on any atom is -0.486 e. The van der Waals surface area contributed by atoms with Crippen molar-refractivity contribution in [2.75, 3.05) is 20.3 Å². The van der Waals surface area contributed by atoms with E-state index in [2.05, 4.69) is 36.2 Å². The van der Waals surface area contributed by atoms with Crippen LogP contribution in [0.5, 0.6) is 11.5 Å². The molecule has 1 aromatic heterocycles. The first kappa shape index (κ1) is 18.5. The average molecular weight is 394 g/mol. The van der Waals surface area contributed by atoms with E-state index in [0.717, 1.165) is 34.1 Å². The molecule has 0 unspecified atom stereocenters. The van der Waals surface area contributed by atoms with Gasteiger partial charge in [0.15, 0.2) is 11.5 Å². The number of hydrogen-bond donors (Lipinski definition) is 0. The SMILES string of the molecule is CCc1ccc(-c2nc(C(=O)N(C)Cc3ccc4c(c3)OCCO4)cs2)cc1. The number of rotatable bonds is 5. The van der Waals surface area contributed by atoms with Crippen molar-refractivity contribution in [2.45, 2.75) is 19.9 Å². The van der Waals surface area contributed by atoms with Crippen LogP contribution in [-0.4, -0.2) is 36.1 Å². The number of thiazole rings is 1. The summed E-state index contributed by atoms with van der Waals surface area (Å²) in [6.45, 7) is 3.73. The van der Waals surface area contributed by atoms with Gasteiger partial charge >= 0.3 is 0 Å². The molecule has 0 saturated heterocycles. The van der Waals surface area contributed by atoms with Gasteiger partial charge in [-0.2, -0.15) is 0 Å². The molecule has 2 aromatic carbocycles. The van der Waals surface area contributed by atoms with Crippen LogP contribution in [0.2, 0.25) is 0 Å². The number of aromatic nitrogens is 1. The Labute approximate surface area is 168 Å². The Hall–Kier alpha value is -2.86. The van der Waals surface area contributed by atoms with Crippen LogP contribution in [0.15, 0.2) is 47.8 Å². The van der Waals surface area contributed by atoms with E-state index in [0.29, 0.717) is 25.5 Å². The third kappa shape index (κ3) is 3.87. The molecule has 0 atom stereocenters. The van der Waals surface area contributed by atoms with E-state index in [1.807, 2.05) is 23.6 Å². The topological polar surface area (TPSA) is 51.7 Å². The Balaban J connectivity index is 1.46.